The number of thiophene rings is 1. The Morgan fingerprint density at radius 1 is 1.37 bits per heavy atom. The van der Waals surface area contributed by atoms with Crippen molar-refractivity contribution < 1.29 is 4.42 Å². The first-order chi connectivity index (χ1) is 9.15. The summed E-state index contributed by atoms with van der Waals surface area (Å²) in [7, 11) is 0. The zero-order chi connectivity index (χ0) is 13.4. The summed E-state index contributed by atoms with van der Waals surface area (Å²) < 4.78 is 5.81. The maximum Gasteiger partial charge on any atom is 0.122 e. The van der Waals surface area contributed by atoms with Crippen LogP contribution in [0.3, 0.4) is 0 Å². The van der Waals surface area contributed by atoms with Gasteiger partial charge in [-0.15, -0.1) is 11.3 Å². The number of fused-ring (bicyclic) bond motifs is 1. The van der Waals surface area contributed by atoms with E-state index in [0.717, 1.165) is 31.0 Å². The average Bonchev–Trinajstić information content (AvgIpc) is 2.97. The largest absolute Gasteiger partial charge is 0.465 e. The van der Waals surface area contributed by atoms with Crippen LogP contribution >= 0.6 is 11.3 Å². The van der Waals surface area contributed by atoms with Gasteiger partial charge in [0.2, 0.25) is 0 Å². The fourth-order valence-electron chi connectivity index (χ4n) is 2.89. The molecule has 0 amide bonds. The van der Waals surface area contributed by atoms with E-state index in [-0.39, 0.29) is 12.1 Å². The molecular weight excluding hydrogens is 256 g/mol. The van der Waals surface area contributed by atoms with Gasteiger partial charge in [0.25, 0.3) is 0 Å². The van der Waals surface area contributed by atoms with Crippen molar-refractivity contribution in [3.05, 3.63) is 45.5 Å². The summed E-state index contributed by atoms with van der Waals surface area (Å²) in [6, 6.07) is 6.54. The van der Waals surface area contributed by atoms with Crippen LogP contribution in [-0.2, 0) is 13.0 Å². The molecule has 0 saturated carbocycles. The summed E-state index contributed by atoms with van der Waals surface area (Å²) in [5, 5.41) is 2.19. The molecule has 2 aromatic heterocycles. The van der Waals surface area contributed by atoms with Crippen molar-refractivity contribution in [1.29, 1.82) is 0 Å². The van der Waals surface area contributed by atoms with Crippen molar-refractivity contribution in [2.45, 2.75) is 38.9 Å². The van der Waals surface area contributed by atoms with Gasteiger partial charge >= 0.3 is 0 Å². The second-order valence-corrected chi connectivity index (χ2v) is 6.34. The van der Waals surface area contributed by atoms with Crippen molar-refractivity contribution in [3.63, 3.8) is 0 Å². The zero-order valence-corrected chi connectivity index (χ0v) is 12.2. The van der Waals surface area contributed by atoms with E-state index in [2.05, 4.69) is 29.3 Å². The highest BCUT2D eigenvalue weighted by atomic mass is 32.1. The number of furan rings is 1. The van der Waals surface area contributed by atoms with Crippen molar-refractivity contribution in [2.75, 3.05) is 6.54 Å². The highest BCUT2D eigenvalue weighted by Crippen LogP contribution is 2.32. The molecule has 0 aromatic carbocycles. The molecule has 0 radical (unpaired) electrons. The number of hydrogen-bond donors (Lipinski definition) is 1. The van der Waals surface area contributed by atoms with Gasteiger partial charge in [0.05, 0.1) is 6.04 Å². The maximum absolute atomic E-state index is 6.21. The predicted molar refractivity (Wildman–Crippen MR) is 78.3 cm³/mol. The molecule has 4 heteroatoms. The third kappa shape index (κ3) is 2.48. The van der Waals surface area contributed by atoms with E-state index in [1.807, 2.05) is 24.3 Å². The van der Waals surface area contributed by atoms with Crippen LogP contribution in [0.15, 0.2) is 28.0 Å². The first-order valence-electron chi connectivity index (χ1n) is 6.76. The maximum atomic E-state index is 6.21. The van der Waals surface area contributed by atoms with Crippen molar-refractivity contribution in [1.82, 2.24) is 4.90 Å². The van der Waals surface area contributed by atoms with Gasteiger partial charge in [-0.05, 0) is 49.4 Å². The first-order valence-corrected chi connectivity index (χ1v) is 7.64. The Kier molecular flexibility index (Phi) is 3.48. The topological polar surface area (TPSA) is 42.4 Å². The van der Waals surface area contributed by atoms with Gasteiger partial charge in [-0.25, -0.2) is 0 Å². The van der Waals surface area contributed by atoms with E-state index in [1.165, 1.54) is 10.4 Å². The van der Waals surface area contributed by atoms with E-state index >= 15 is 0 Å². The minimum absolute atomic E-state index is 0.0609. The molecule has 0 fully saturated rings. The molecule has 0 bridgehead atoms. The van der Waals surface area contributed by atoms with Crippen molar-refractivity contribution in [3.8, 4) is 0 Å². The second kappa shape index (κ2) is 5.12. The predicted octanol–water partition coefficient (Wildman–Crippen LogP) is 3.10. The van der Waals surface area contributed by atoms with Crippen LogP contribution in [-0.4, -0.2) is 17.5 Å². The molecule has 3 heterocycles. The SMILES string of the molecule is Cc1ccc(C(C(C)N)N2CCc3sccc3C2)o1. The molecule has 3 rings (SSSR count). The quantitative estimate of drug-likeness (QED) is 0.936. The number of nitrogens with two attached hydrogens (primary N) is 1. The molecule has 0 aliphatic carbocycles. The lowest BCUT2D eigenvalue weighted by molar-refractivity contribution is 0.140. The second-order valence-electron chi connectivity index (χ2n) is 5.34. The lowest BCUT2D eigenvalue weighted by Gasteiger charge is -2.35. The van der Waals surface area contributed by atoms with E-state index in [9.17, 15) is 0 Å². The van der Waals surface area contributed by atoms with Gasteiger partial charge < -0.3 is 10.2 Å². The minimum atomic E-state index is 0.0609. The van der Waals surface area contributed by atoms with E-state index in [4.69, 9.17) is 10.2 Å². The molecule has 19 heavy (non-hydrogen) atoms. The standard InChI is InChI=1S/C15H20N2OS/c1-10-3-4-13(18-10)15(11(2)16)17-7-5-14-12(9-17)6-8-19-14/h3-4,6,8,11,15H,5,7,9,16H2,1-2H3. The monoisotopic (exact) mass is 276 g/mol. The molecule has 1 aliphatic heterocycles. The lowest BCUT2D eigenvalue weighted by Crippen LogP contribution is -2.41. The fraction of sp³-hybridized carbons (Fsp3) is 0.467. The van der Waals surface area contributed by atoms with Gasteiger partial charge in [0.15, 0.2) is 0 Å². The van der Waals surface area contributed by atoms with Gasteiger partial charge in [-0.2, -0.15) is 0 Å². The summed E-state index contributed by atoms with van der Waals surface area (Å²) in [5.41, 5.74) is 7.65. The number of aryl methyl sites for hydroxylation is 1. The molecule has 1 aliphatic rings. The van der Waals surface area contributed by atoms with Gasteiger partial charge in [0.1, 0.15) is 11.5 Å². The Morgan fingerprint density at radius 3 is 2.89 bits per heavy atom. The molecule has 0 saturated heterocycles. The molecule has 0 spiro atoms. The molecule has 3 nitrogen and oxygen atoms in total. The van der Waals surface area contributed by atoms with Crippen molar-refractivity contribution >= 4 is 11.3 Å². The minimum Gasteiger partial charge on any atom is -0.465 e. The summed E-state index contributed by atoms with van der Waals surface area (Å²) in [4.78, 5) is 3.97. The smallest absolute Gasteiger partial charge is 0.122 e. The molecule has 2 unspecified atom stereocenters. The molecular formula is C15H20N2OS. The summed E-state index contributed by atoms with van der Waals surface area (Å²) >= 11 is 1.87. The lowest BCUT2D eigenvalue weighted by atomic mass is 10.0. The third-order valence-corrected chi connectivity index (χ3v) is 4.80. The number of rotatable bonds is 3. The van der Waals surface area contributed by atoms with Crippen LogP contribution < -0.4 is 5.73 Å². The highest BCUT2D eigenvalue weighted by Gasteiger charge is 2.29. The Morgan fingerprint density at radius 2 is 2.21 bits per heavy atom. The Balaban J connectivity index is 1.86. The molecule has 102 valence electrons. The van der Waals surface area contributed by atoms with E-state index in [1.54, 1.807) is 0 Å². The van der Waals surface area contributed by atoms with Crippen LogP contribution in [0.2, 0.25) is 0 Å². The van der Waals surface area contributed by atoms with Crippen LogP contribution in [0, 0.1) is 6.92 Å². The Bertz CT molecular complexity index is 558. The molecule has 2 N–H and O–H groups in total. The average molecular weight is 276 g/mol. The van der Waals surface area contributed by atoms with Crippen LogP contribution in [0.1, 0.15) is 34.9 Å². The molecule has 2 aromatic rings. The van der Waals surface area contributed by atoms with Crippen molar-refractivity contribution in [2.24, 2.45) is 5.73 Å². The first kappa shape index (κ1) is 12.9. The van der Waals surface area contributed by atoms with Gasteiger partial charge in [-0.3, -0.25) is 4.90 Å². The van der Waals surface area contributed by atoms with Crippen LogP contribution in [0.4, 0.5) is 0 Å². The fourth-order valence-corrected chi connectivity index (χ4v) is 3.78. The number of nitrogens with zero attached hydrogens (tertiary/aromatic N) is 1. The van der Waals surface area contributed by atoms with Gasteiger partial charge in [-0.1, -0.05) is 0 Å². The highest BCUT2D eigenvalue weighted by molar-refractivity contribution is 7.10. The summed E-state index contributed by atoms with van der Waals surface area (Å²) in [5.74, 6) is 1.94. The summed E-state index contributed by atoms with van der Waals surface area (Å²) in [6.45, 7) is 6.07. The zero-order valence-electron chi connectivity index (χ0n) is 11.4. The Hall–Kier alpha value is -1.10. The van der Waals surface area contributed by atoms with Gasteiger partial charge in [0, 0.05) is 24.0 Å². The van der Waals surface area contributed by atoms with E-state index in [0.29, 0.717) is 0 Å². The molecule has 2 atom stereocenters. The number of hydrogen-bond acceptors (Lipinski definition) is 4. The van der Waals surface area contributed by atoms with Crippen LogP contribution in [0.5, 0.6) is 0 Å². The Labute approximate surface area is 118 Å². The third-order valence-electron chi connectivity index (χ3n) is 3.78. The summed E-state index contributed by atoms with van der Waals surface area (Å²) in [6.07, 6.45) is 1.12. The normalized spacial score (nSPS) is 19.1. The van der Waals surface area contributed by atoms with E-state index < -0.39 is 0 Å². The van der Waals surface area contributed by atoms with Crippen LogP contribution in [0.25, 0.3) is 0 Å².